The maximum absolute atomic E-state index is 13.4. The third-order valence-electron chi connectivity index (χ3n) is 7.22. The molecule has 0 saturated carbocycles. The van der Waals surface area contributed by atoms with Crippen LogP contribution in [0.2, 0.25) is 0 Å². The lowest BCUT2D eigenvalue weighted by Crippen LogP contribution is -2.48. The minimum atomic E-state index is -0.862. The van der Waals surface area contributed by atoms with Gasteiger partial charge in [0.2, 0.25) is 11.8 Å². The monoisotopic (exact) mass is 428 g/mol. The number of ether oxygens (including phenoxy) is 2. The van der Waals surface area contributed by atoms with Gasteiger partial charge in [0.1, 0.15) is 0 Å². The summed E-state index contributed by atoms with van der Waals surface area (Å²) in [6.45, 7) is 6.13. The van der Waals surface area contributed by atoms with Crippen molar-refractivity contribution in [1.29, 1.82) is 0 Å². The lowest BCUT2D eigenvalue weighted by molar-refractivity contribution is -0.132. The molecule has 2 amide bonds. The fourth-order valence-electron chi connectivity index (χ4n) is 5.13. The van der Waals surface area contributed by atoms with Gasteiger partial charge >= 0.3 is 5.97 Å². The number of hydrogen-bond acceptors (Lipinski definition) is 7. The van der Waals surface area contributed by atoms with Crippen LogP contribution in [0, 0.1) is 10.8 Å². The molecule has 2 bridgehead atoms. The molecule has 3 fully saturated rings. The van der Waals surface area contributed by atoms with Crippen molar-refractivity contribution in [3.8, 4) is 0 Å². The smallest absolute Gasteiger partial charge is 0.338 e. The molecule has 0 aliphatic carbocycles. The molecule has 1 aromatic carbocycles. The number of rotatable bonds is 5. The van der Waals surface area contributed by atoms with Gasteiger partial charge in [-0.05, 0) is 51.3 Å². The van der Waals surface area contributed by atoms with Gasteiger partial charge in [0.15, 0.2) is 5.13 Å². The molecule has 2 aromatic rings. The van der Waals surface area contributed by atoms with E-state index in [1.807, 2.05) is 20.8 Å². The van der Waals surface area contributed by atoms with Gasteiger partial charge in [0.05, 0.1) is 45.4 Å². The van der Waals surface area contributed by atoms with Crippen LogP contribution in [0.4, 0.5) is 5.13 Å². The number of amides is 2. The van der Waals surface area contributed by atoms with Crippen molar-refractivity contribution in [3.63, 3.8) is 0 Å². The molecule has 8 heteroatoms. The van der Waals surface area contributed by atoms with Crippen LogP contribution in [0.5, 0.6) is 0 Å². The van der Waals surface area contributed by atoms with Crippen LogP contribution in [0.1, 0.15) is 56.8 Å². The van der Waals surface area contributed by atoms with Crippen molar-refractivity contribution < 1.29 is 23.9 Å². The number of anilines is 1. The molecule has 0 N–H and O–H groups in total. The van der Waals surface area contributed by atoms with Crippen LogP contribution in [0.15, 0.2) is 18.2 Å². The number of carbonyl (C=O) groups is 3. The summed E-state index contributed by atoms with van der Waals surface area (Å²) in [7, 11) is 0. The molecule has 3 aliphatic heterocycles. The van der Waals surface area contributed by atoms with Crippen LogP contribution >= 0.6 is 11.3 Å². The molecule has 0 radical (unpaired) electrons. The molecule has 0 spiro atoms. The Labute approximate surface area is 178 Å². The second-order valence-corrected chi connectivity index (χ2v) is 9.72. The van der Waals surface area contributed by atoms with Gasteiger partial charge in [-0.1, -0.05) is 24.7 Å². The molecular weight excluding hydrogens is 404 g/mol. The summed E-state index contributed by atoms with van der Waals surface area (Å²) in [6, 6.07) is 5.11. The Morgan fingerprint density at radius 2 is 1.90 bits per heavy atom. The lowest BCUT2D eigenvalue weighted by Gasteiger charge is -2.36. The minimum Gasteiger partial charge on any atom is -0.462 e. The standard InChI is InChI=1S/C22H24N2O5S/c1-4-5-10-28-17(25)12-6-7-13-14(11-12)30-20(23-13)24-18(26)21(2)15-8-9-16(29-15)22(21,3)19(24)27/h6-7,11,15-16H,4-5,8-10H2,1-3H3/t15-,16+,21-,22+. The first-order valence-corrected chi connectivity index (χ1v) is 11.3. The topological polar surface area (TPSA) is 85.8 Å². The summed E-state index contributed by atoms with van der Waals surface area (Å²) in [4.78, 5) is 44.9. The summed E-state index contributed by atoms with van der Waals surface area (Å²) >= 11 is 1.25. The molecule has 4 atom stereocenters. The molecule has 158 valence electrons. The van der Waals surface area contributed by atoms with E-state index in [2.05, 4.69) is 4.98 Å². The van der Waals surface area contributed by atoms with Crippen molar-refractivity contribution in [2.45, 2.75) is 58.7 Å². The molecule has 3 saturated heterocycles. The number of imide groups is 1. The van der Waals surface area contributed by atoms with E-state index in [0.29, 0.717) is 22.8 Å². The number of hydrogen-bond donors (Lipinski definition) is 0. The zero-order chi connectivity index (χ0) is 21.3. The summed E-state index contributed by atoms with van der Waals surface area (Å²) in [5.41, 5.74) is -0.638. The van der Waals surface area contributed by atoms with Gasteiger partial charge in [-0.2, -0.15) is 0 Å². The van der Waals surface area contributed by atoms with E-state index in [9.17, 15) is 14.4 Å². The average Bonchev–Trinajstić information content (AvgIpc) is 3.45. The lowest BCUT2D eigenvalue weighted by atomic mass is 9.59. The third-order valence-corrected chi connectivity index (χ3v) is 8.22. The van der Waals surface area contributed by atoms with E-state index in [-0.39, 0.29) is 30.0 Å². The Kier molecular flexibility index (Phi) is 4.31. The predicted molar refractivity (Wildman–Crippen MR) is 111 cm³/mol. The maximum Gasteiger partial charge on any atom is 0.338 e. The second kappa shape index (κ2) is 6.59. The van der Waals surface area contributed by atoms with Crippen molar-refractivity contribution in [1.82, 2.24) is 4.98 Å². The van der Waals surface area contributed by atoms with Crippen LogP contribution in [0.3, 0.4) is 0 Å². The van der Waals surface area contributed by atoms with Crippen molar-refractivity contribution >= 4 is 44.5 Å². The Morgan fingerprint density at radius 1 is 1.23 bits per heavy atom. The average molecular weight is 429 g/mol. The Morgan fingerprint density at radius 3 is 2.53 bits per heavy atom. The number of esters is 1. The SMILES string of the molecule is CCCCOC(=O)c1ccc2nc(N3C(=O)[C@@]4(C)[C@H]5CC[C@H](O5)[C@@]4(C)C3=O)sc2c1. The van der Waals surface area contributed by atoms with Gasteiger partial charge in [-0.3, -0.25) is 9.59 Å². The largest absolute Gasteiger partial charge is 0.462 e. The predicted octanol–water partition coefficient (Wildman–Crippen LogP) is 3.70. The van der Waals surface area contributed by atoms with Gasteiger partial charge in [-0.15, -0.1) is 0 Å². The van der Waals surface area contributed by atoms with E-state index in [4.69, 9.17) is 9.47 Å². The van der Waals surface area contributed by atoms with E-state index in [0.717, 1.165) is 30.4 Å². The molecular formula is C22H24N2O5S. The number of unbranched alkanes of at least 4 members (excludes halogenated alkanes) is 1. The first-order chi connectivity index (χ1) is 14.3. The number of aromatic nitrogens is 1. The molecule has 0 unspecified atom stereocenters. The highest BCUT2D eigenvalue weighted by molar-refractivity contribution is 7.22. The quantitative estimate of drug-likeness (QED) is 0.410. The minimum absolute atomic E-state index is 0.229. The summed E-state index contributed by atoms with van der Waals surface area (Å²) < 4.78 is 12.0. The molecule has 1 aromatic heterocycles. The maximum atomic E-state index is 13.4. The molecule has 30 heavy (non-hydrogen) atoms. The summed E-state index contributed by atoms with van der Waals surface area (Å²) in [5, 5.41) is 0.354. The van der Waals surface area contributed by atoms with Crippen LogP contribution in [-0.4, -0.2) is 41.6 Å². The Bertz CT molecular complexity index is 1050. The molecule has 7 nitrogen and oxygen atoms in total. The van der Waals surface area contributed by atoms with E-state index < -0.39 is 10.8 Å². The Hall–Kier alpha value is -2.32. The van der Waals surface area contributed by atoms with E-state index in [1.165, 1.54) is 16.2 Å². The van der Waals surface area contributed by atoms with Crippen molar-refractivity contribution in [2.24, 2.45) is 10.8 Å². The van der Waals surface area contributed by atoms with Crippen molar-refractivity contribution in [3.05, 3.63) is 23.8 Å². The highest BCUT2D eigenvalue weighted by Crippen LogP contribution is 2.64. The zero-order valence-corrected chi connectivity index (χ0v) is 18.1. The van der Waals surface area contributed by atoms with Gasteiger partial charge in [0.25, 0.3) is 0 Å². The summed E-state index contributed by atoms with van der Waals surface area (Å²) in [5.74, 6) is -0.849. The van der Waals surface area contributed by atoms with Crippen LogP contribution in [-0.2, 0) is 19.1 Å². The Balaban J connectivity index is 1.48. The first-order valence-electron chi connectivity index (χ1n) is 10.4. The van der Waals surface area contributed by atoms with Gasteiger partial charge in [0, 0.05) is 0 Å². The third kappa shape index (κ3) is 2.34. The van der Waals surface area contributed by atoms with Gasteiger partial charge < -0.3 is 9.47 Å². The second-order valence-electron chi connectivity index (χ2n) is 8.71. The number of benzene rings is 1. The number of fused-ring (bicyclic) bond motifs is 6. The number of carbonyl (C=O) groups excluding carboxylic acids is 3. The number of thiazole rings is 1. The summed E-state index contributed by atoms with van der Waals surface area (Å²) in [6.07, 6.45) is 2.91. The fourth-order valence-corrected chi connectivity index (χ4v) is 6.14. The molecule has 4 heterocycles. The molecule has 5 rings (SSSR count). The van der Waals surface area contributed by atoms with Gasteiger partial charge in [-0.25, -0.2) is 14.7 Å². The highest BCUT2D eigenvalue weighted by Gasteiger charge is 2.77. The molecule has 3 aliphatic rings. The van der Waals surface area contributed by atoms with E-state index >= 15 is 0 Å². The van der Waals surface area contributed by atoms with Crippen LogP contribution < -0.4 is 4.90 Å². The highest BCUT2D eigenvalue weighted by atomic mass is 32.1. The van der Waals surface area contributed by atoms with Crippen LogP contribution in [0.25, 0.3) is 10.2 Å². The normalized spacial score (nSPS) is 32.3. The zero-order valence-electron chi connectivity index (χ0n) is 17.3. The van der Waals surface area contributed by atoms with Crippen molar-refractivity contribution in [2.75, 3.05) is 11.5 Å². The fraction of sp³-hybridized carbons (Fsp3) is 0.545. The van der Waals surface area contributed by atoms with E-state index in [1.54, 1.807) is 18.2 Å². The first kappa shape index (κ1) is 19.6. The number of nitrogens with zero attached hydrogens (tertiary/aromatic N) is 2.